The Kier molecular flexibility index (Phi) is 8.84. The molecule has 1 unspecified atom stereocenters. The molecule has 0 aromatic heterocycles. The Morgan fingerprint density at radius 2 is 1.88 bits per heavy atom. The van der Waals surface area contributed by atoms with Crippen molar-refractivity contribution >= 4 is 5.97 Å². The van der Waals surface area contributed by atoms with E-state index in [0.29, 0.717) is 18.2 Å². The summed E-state index contributed by atoms with van der Waals surface area (Å²) in [6, 6.07) is 0.530. The zero-order valence-corrected chi connectivity index (χ0v) is 12.6. The van der Waals surface area contributed by atoms with Crippen molar-refractivity contribution in [3.05, 3.63) is 12.2 Å². The smallest absolute Gasteiger partial charge is 0.333 e. The molecule has 0 aliphatic carbocycles. The topological polar surface area (TPSA) is 26.3 Å². The minimum absolute atomic E-state index is 0. The van der Waals surface area contributed by atoms with Gasteiger partial charge in [-0.1, -0.05) is 13.5 Å². The molecule has 0 saturated carbocycles. The second kappa shape index (κ2) is 7.85. The van der Waals surface area contributed by atoms with Gasteiger partial charge in [-0.05, 0) is 13.3 Å². The van der Waals surface area contributed by atoms with Crippen LogP contribution in [0.5, 0.6) is 0 Å². The van der Waals surface area contributed by atoms with E-state index < -0.39 is 0 Å². The van der Waals surface area contributed by atoms with Crippen LogP contribution in [0.2, 0.25) is 0 Å². The molecular weight excluding hydrogens is 270 g/mol. The first kappa shape index (κ1) is 18.0. The molecule has 4 heteroatoms. The number of hydrogen-bond donors (Lipinski definition) is 0. The van der Waals surface area contributed by atoms with Gasteiger partial charge in [-0.15, -0.1) is 0 Å². The Morgan fingerprint density at radius 1 is 1.38 bits per heavy atom. The fourth-order valence-corrected chi connectivity index (χ4v) is 1.55. The molecule has 1 atom stereocenters. The molecule has 0 aromatic carbocycles. The Bertz CT molecular complexity index is 234. The number of esters is 1. The van der Waals surface area contributed by atoms with Crippen LogP contribution in [0, 0.1) is 0 Å². The van der Waals surface area contributed by atoms with Crippen LogP contribution in [-0.4, -0.2) is 44.2 Å². The summed E-state index contributed by atoms with van der Waals surface area (Å²) in [5.74, 6) is -0.286. The summed E-state index contributed by atoms with van der Waals surface area (Å²) in [5, 5.41) is 0. The molecule has 0 aliphatic heterocycles. The second-order valence-electron chi connectivity index (χ2n) is 4.88. The summed E-state index contributed by atoms with van der Waals surface area (Å²) in [6.45, 7) is 7.86. The van der Waals surface area contributed by atoms with Gasteiger partial charge in [0.15, 0.2) is 0 Å². The van der Waals surface area contributed by atoms with E-state index >= 15 is 0 Å². The molecule has 0 saturated heterocycles. The average molecular weight is 294 g/mol. The number of hydrogen-bond acceptors (Lipinski definition) is 2. The third kappa shape index (κ3) is 7.01. The highest BCUT2D eigenvalue weighted by molar-refractivity contribution is 5.86. The fraction of sp³-hybridized carbons (Fsp3) is 0.750. The van der Waals surface area contributed by atoms with E-state index in [-0.39, 0.29) is 23.0 Å². The lowest BCUT2D eigenvalue weighted by molar-refractivity contribution is -0.896. The van der Waals surface area contributed by atoms with Crippen LogP contribution < -0.4 is 17.0 Å². The van der Waals surface area contributed by atoms with Crippen molar-refractivity contribution in [2.75, 3.05) is 27.7 Å². The predicted octanol–water partition coefficient (Wildman–Crippen LogP) is -1.02. The largest absolute Gasteiger partial charge is 1.00 e. The van der Waals surface area contributed by atoms with Gasteiger partial charge < -0.3 is 26.2 Å². The lowest BCUT2D eigenvalue weighted by atomic mass is 10.1. The van der Waals surface area contributed by atoms with Gasteiger partial charge in [-0.3, -0.25) is 0 Å². The standard InChI is InChI=1S/C12H24NO2.BrH/c1-7-11(13(4,5)6)8-9-15-12(14)10(2)3;/h11H,2,7-9H2,1,3-6H3;1H/q+1;/p-1. The first-order chi connectivity index (χ1) is 6.79. The first-order valence-electron chi connectivity index (χ1n) is 5.42. The maximum absolute atomic E-state index is 11.1. The van der Waals surface area contributed by atoms with Crippen molar-refractivity contribution in [3.63, 3.8) is 0 Å². The van der Waals surface area contributed by atoms with Gasteiger partial charge >= 0.3 is 5.97 Å². The van der Waals surface area contributed by atoms with E-state index in [1.807, 2.05) is 0 Å². The molecule has 0 fully saturated rings. The van der Waals surface area contributed by atoms with Gasteiger partial charge in [-0.25, -0.2) is 4.79 Å². The van der Waals surface area contributed by atoms with E-state index in [4.69, 9.17) is 4.74 Å². The first-order valence-corrected chi connectivity index (χ1v) is 5.42. The van der Waals surface area contributed by atoms with E-state index in [9.17, 15) is 4.79 Å². The molecule has 16 heavy (non-hydrogen) atoms. The van der Waals surface area contributed by atoms with Crippen LogP contribution in [0.4, 0.5) is 0 Å². The Morgan fingerprint density at radius 3 is 2.19 bits per heavy atom. The summed E-state index contributed by atoms with van der Waals surface area (Å²) in [4.78, 5) is 11.1. The molecule has 0 radical (unpaired) electrons. The molecule has 0 rings (SSSR count). The Balaban J connectivity index is 0. The third-order valence-corrected chi connectivity index (χ3v) is 2.60. The number of quaternary nitrogens is 1. The highest BCUT2D eigenvalue weighted by atomic mass is 79.9. The highest BCUT2D eigenvalue weighted by Gasteiger charge is 2.21. The van der Waals surface area contributed by atoms with Gasteiger partial charge in [0.05, 0.1) is 33.8 Å². The van der Waals surface area contributed by atoms with E-state index in [2.05, 4.69) is 34.6 Å². The molecule has 0 aromatic rings. The molecular formula is C12H24BrNO2. The summed E-state index contributed by atoms with van der Waals surface area (Å²) < 4.78 is 5.99. The fourth-order valence-electron chi connectivity index (χ4n) is 1.55. The number of carbonyl (C=O) groups excluding carboxylic acids is 1. The molecule has 0 amide bonds. The van der Waals surface area contributed by atoms with Crippen molar-refractivity contribution in [1.82, 2.24) is 0 Å². The van der Waals surface area contributed by atoms with Crippen molar-refractivity contribution in [2.24, 2.45) is 0 Å². The number of ether oxygens (including phenoxy) is 1. The number of rotatable bonds is 6. The van der Waals surface area contributed by atoms with Gasteiger partial charge in [-0.2, -0.15) is 0 Å². The molecule has 0 spiro atoms. The van der Waals surface area contributed by atoms with E-state index in [1.165, 1.54) is 0 Å². The SMILES string of the molecule is C=C(C)C(=O)OCCC(CC)[N+](C)(C)C.[Br-]. The van der Waals surface area contributed by atoms with Crippen molar-refractivity contribution in [3.8, 4) is 0 Å². The zero-order chi connectivity index (χ0) is 12.1. The van der Waals surface area contributed by atoms with Crippen LogP contribution in [0.1, 0.15) is 26.7 Å². The molecule has 0 heterocycles. The number of nitrogens with zero attached hydrogens (tertiary/aromatic N) is 1. The van der Waals surface area contributed by atoms with E-state index in [1.54, 1.807) is 6.92 Å². The van der Waals surface area contributed by atoms with Crippen LogP contribution >= 0.6 is 0 Å². The summed E-state index contributed by atoms with van der Waals surface area (Å²) in [5.41, 5.74) is 0.466. The van der Waals surface area contributed by atoms with Crippen LogP contribution in [-0.2, 0) is 9.53 Å². The number of carbonyl (C=O) groups is 1. The molecule has 96 valence electrons. The average Bonchev–Trinajstić information content (AvgIpc) is 2.09. The summed E-state index contributed by atoms with van der Waals surface area (Å²) in [6.07, 6.45) is 1.99. The van der Waals surface area contributed by atoms with Gasteiger partial charge in [0, 0.05) is 12.0 Å². The van der Waals surface area contributed by atoms with Crippen molar-refractivity contribution < 1.29 is 31.0 Å². The maximum Gasteiger partial charge on any atom is 0.333 e. The summed E-state index contributed by atoms with van der Waals surface area (Å²) >= 11 is 0. The lowest BCUT2D eigenvalue weighted by Crippen LogP contribution is -3.00. The predicted molar refractivity (Wildman–Crippen MR) is 62.5 cm³/mol. The minimum atomic E-state index is -0.286. The molecule has 0 N–H and O–H groups in total. The van der Waals surface area contributed by atoms with Crippen LogP contribution in [0.25, 0.3) is 0 Å². The molecule has 0 bridgehead atoms. The highest BCUT2D eigenvalue weighted by Crippen LogP contribution is 2.11. The molecule has 3 nitrogen and oxygen atoms in total. The lowest BCUT2D eigenvalue weighted by Gasteiger charge is -2.33. The zero-order valence-electron chi connectivity index (χ0n) is 11.0. The van der Waals surface area contributed by atoms with Gasteiger partial charge in [0.2, 0.25) is 0 Å². The molecule has 0 aliphatic rings. The van der Waals surface area contributed by atoms with Crippen LogP contribution in [0.15, 0.2) is 12.2 Å². The quantitative estimate of drug-likeness (QED) is 0.356. The Hall–Kier alpha value is -0.350. The van der Waals surface area contributed by atoms with Gasteiger partial charge in [0.1, 0.15) is 0 Å². The second-order valence-corrected chi connectivity index (χ2v) is 4.88. The van der Waals surface area contributed by atoms with Crippen molar-refractivity contribution in [2.45, 2.75) is 32.7 Å². The number of halogens is 1. The summed E-state index contributed by atoms with van der Waals surface area (Å²) in [7, 11) is 6.48. The third-order valence-electron chi connectivity index (χ3n) is 2.60. The van der Waals surface area contributed by atoms with Crippen molar-refractivity contribution in [1.29, 1.82) is 0 Å². The van der Waals surface area contributed by atoms with E-state index in [0.717, 1.165) is 17.3 Å². The maximum atomic E-state index is 11.1. The minimum Gasteiger partial charge on any atom is -1.00 e. The van der Waals surface area contributed by atoms with Gasteiger partial charge in [0.25, 0.3) is 0 Å². The Labute approximate surface area is 110 Å². The van der Waals surface area contributed by atoms with Crippen LogP contribution in [0.3, 0.4) is 0 Å². The normalized spacial score (nSPS) is 12.6. The monoisotopic (exact) mass is 293 g/mol.